The van der Waals surface area contributed by atoms with Crippen LogP contribution in [0.1, 0.15) is 26.7 Å². The third-order valence-corrected chi connectivity index (χ3v) is 1.34. The topological polar surface area (TPSA) is 65.4 Å². The molecule has 0 saturated heterocycles. The average Bonchev–Trinajstić information content (AvgIpc) is 2.10. The Morgan fingerprint density at radius 1 is 1.50 bits per heavy atom. The number of nitrogens with two attached hydrogens (primary N) is 1. The summed E-state index contributed by atoms with van der Waals surface area (Å²) >= 11 is 0. The van der Waals surface area contributed by atoms with Gasteiger partial charge in [0.15, 0.2) is 6.19 Å². The summed E-state index contributed by atoms with van der Waals surface area (Å²) in [5.41, 5.74) is 5.55. The van der Waals surface area contributed by atoms with Gasteiger partial charge in [0.05, 0.1) is 0 Å². The third kappa shape index (κ3) is 3.81. The van der Waals surface area contributed by atoms with Crippen LogP contribution in [-0.4, -0.2) is 23.9 Å². The van der Waals surface area contributed by atoms with Crippen molar-refractivity contribution in [3.8, 4) is 6.19 Å². The molecule has 0 spiro atoms. The number of hydrogen-bond donors (Lipinski definition) is 1. The summed E-state index contributed by atoms with van der Waals surface area (Å²) in [5.74, 6) is 0.334. The highest BCUT2D eigenvalue weighted by Gasteiger charge is 2.03. The first-order valence-corrected chi connectivity index (χ1v) is 4.23. The standard InChI is InChI=1S/C8H16N4/c1-3-5-11-8(10)12(7-9)6-4-2/h3-6H2,1-2H3,(H2,10,11). The summed E-state index contributed by atoms with van der Waals surface area (Å²) < 4.78 is 0. The molecule has 0 aromatic heterocycles. The van der Waals surface area contributed by atoms with Crippen LogP contribution in [0.15, 0.2) is 4.99 Å². The molecule has 0 aliphatic carbocycles. The van der Waals surface area contributed by atoms with Crippen LogP contribution >= 0.6 is 0 Å². The largest absolute Gasteiger partial charge is 0.369 e. The summed E-state index contributed by atoms with van der Waals surface area (Å²) in [5, 5.41) is 8.64. The van der Waals surface area contributed by atoms with Crippen LogP contribution in [0.25, 0.3) is 0 Å². The van der Waals surface area contributed by atoms with Gasteiger partial charge < -0.3 is 5.73 Å². The highest BCUT2D eigenvalue weighted by Crippen LogP contribution is 1.89. The van der Waals surface area contributed by atoms with E-state index in [1.165, 1.54) is 4.90 Å². The van der Waals surface area contributed by atoms with E-state index in [9.17, 15) is 0 Å². The molecular weight excluding hydrogens is 152 g/mol. The number of nitriles is 1. The van der Waals surface area contributed by atoms with Crippen molar-refractivity contribution in [1.29, 1.82) is 5.26 Å². The van der Waals surface area contributed by atoms with Crippen molar-refractivity contribution >= 4 is 5.96 Å². The molecule has 0 fully saturated rings. The predicted molar refractivity (Wildman–Crippen MR) is 49.4 cm³/mol. The first-order chi connectivity index (χ1) is 5.76. The fourth-order valence-corrected chi connectivity index (χ4v) is 0.751. The average molecular weight is 168 g/mol. The van der Waals surface area contributed by atoms with Gasteiger partial charge in [-0.25, -0.2) is 4.90 Å². The maximum atomic E-state index is 8.64. The Balaban J connectivity index is 4.03. The van der Waals surface area contributed by atoms with E-state index in [2.05, 4.69) is 4.99 Å². The van der Waals surface area contributed by atoms with Crippen LogP contribution in [0.4, 0.5) is 0 Å². The Morgan fingerprint density at radius 3 is 2.58 bits per heavy atom. The second kappa shape index (κ2) is 6.47. The van der Waals surface area contributed by atoms with E-state index in [1.807, 2.05) is 20.0 Å². The molecule has 0 unspecified atom stereocenters. The highest BCUT2D eigenvalue weighted by atomic mass is 15.2. The van der Waals surface area contributed by atoms with Crippen molar-refractivity contribution < 1.29 is 0 Å². The molecule has 4 nitrogen and oxygen atoms in total. The predicted octanol–water partition coefficient (Wildman–Crippen LogP) is 0.904. The number of nitrogens with zero attached hydrogens (tertiary/aromatic N) is 3. The maximum absolute atomic E-state index is 8.64. The number of hydrogen-bond acceptors (Lipinski definition) is 2. The van der Waals surface area contributed by atoms with E-state index >= 15 is 0 Å². The molecule has 0 rings (SSSR count). The second-order valence-electron chi connectivity index (χ2n) is 2.49. The van der Waals surface area contributed by atoms with Gasteiger partial charge >= 0.3 is 0 Å². The lowest BCUT2D eigenvalue weighted by Gasteiger charge is -2.12. The Kier molecular flexibility index (Phi) is 5.80. The van der Waals surface area contributed by atoms with E-state index in [-0.39, 0.29) is 0 Å². The lowest BCUT2D eigenvalue weighted by Crippen LogP contribution is -2.34. The van der Waals surface area contributed by atoms with Crippen LogP contribution in [0.3, 0.4) is 0 Å². The second-order valence-corrected chi connectivity index (χ2v) is 2.49. The molecule has 0 saturated carbocycles. The Morgan fingerprint density at radius 2 is 2.17 bits per heavy atom. The summed E-state index contributed by atoms with van der Waals surface area (Å²) in [6.07, 6.45) is 3.84. The molecule has 0 radical (unpaired) electrons. The quantitative estimate of drug-likeness (QED) is 0.293. The number of guanidine groups is 1. The summed E-state index contributed by atoms with van der Waals surface area (Å²) in [6.45, 7) is 5.36. The lowest BCUT2D eigenvalue weighted by atomic mass is 10.4. The monoisotopic (exact) mass is 168 g/mol. The van der Waals surface area contributed by atoms with E-state index in [0.717, 1.165) is 12.8 Å². The van der Waals surface area contributed by atoms with Crippen molar-refractivity contribution in [1.82, 2.24) is 4.90 Å². The molecule has 0 aliphatic rings. The van der Waals surface area contributed by atoms with Crippen molar-refractivity contribution in [2.45, 2.75) is 26.7 Å². The zero-order valence-corrected chi connectivity index (χ0v) is 7.75. The Bertz CT molecular complexity index is 180. The smallest absolute Gasteiger partial charge is 0.204 e. The fraction of sp³-hybridized carbons (Fsp3) is 0.750. The minimum absolute atomic E-state index is 0.334. The molecule has 0 aromatic carbocycles. The Hall–Kier alpha value is -1.24. The van der Waals surface area contributed by atoms with Crippen LogP contribution in [0.5, 0.6) is 0 Å². The van der Waals surface area contributed by atoms with Crippen molar-refractivity contribution in [2.75, 3.05) is 13.1 Å². The highest BCUT2D eigenvalue weighted by molar-refractivity contribution is 5.79. The van der Waals surface area contributed by atoms with E-state index in [1.54, 1.807) is 0 Å². The van der Waals surface area contributed by atoms with Gasteiger partial charge in [0.2, 0.25) is 5.96 Å². The minimum atomic E-state index is 0.334. The molecule has 0 aliphatic heterocycles. The molecule has 4 heteroatoms. The van der Waals surface area contributed by atoms with Crippen LogP contribution < -0.4 is 5.73 Å². The van der Waals surface area contributed by atoms with E-state index in [4.69, 9.17) is 11.0 Å². The number of aliphatic imine (C=N–C) groups is 1. The van der Waals surface area contributed by atoms with Gasteiger partial charge in [-0.05, 0) is 12.8 Å². The van der Waals surface area contributed by atoms with Crippen molar-refractivity contribution in [2.24, 2.45) is 10.7 Å². The van der Waals surface area contributed by atoms with Gasteiger partial charge in [-0.3, -0.25) is 4.99 Å². The Labute approximate surface area is 73.7 Å². The van der Waals surface area contributed by atoms with Gasteiger partial charge in [-0.15, -0.1) is 0 Å². The van der Waals surface area contributed by atoms with Gasteiger partial charge in [0, 0.05) is 13.1 Å². The fourth-order valence-electron chi connectivity index (χ4n) is 0.751. The SMILES string of the molecule is CCCN=C(N)N(C#N)CCC. The van der Waals surface area contributed by atoms with Crippen molar-refractivity contribution in [3.05, 3.63) is 0 Å². The summed E-state index contributed by atoms with van der Waals surface area (Å²) in [4.78, 5) is 5.44. The van der Waals surface area contributed by atoms with Crippen molar-refractivity contribution in [3.63, 3.8) is 0 Å². The van der Waals surface area contributed by atoms with Crippen LogP contribution in [-0.2, 0) is 0 Å². The molecular formula is C8H16N4. The molecule has 2 N–H and O–H groups in total. The third-order valence-electron chi connectivity index (χ3n) is 1.34. The maximum Gasteiger partial charge on any atom is 0.204 e. The molecule has 0 bridgehead atoms. The molecule has 68 valence electrons. The molecule has 0 atom stereocenters. The first-order valence-electron chi connectivity index (χ1n) is 4.23. The van der Waals surface area contributed by atoms with E-state index < -0.39 is 0 Å². The van der Waals surface area contributed by atoms with Crippen LogP contribution in [0.2, 0.25) is 0 Å². The van der Waals surface area contributed by atoms with Crippen LogP contribution in [0, 0.1) is 11.5 Å². The van der Waals surface area contributed by atoms with Gasteiger partial charge in [0.1, 0.15) is 0 Å². The summed E-state index contributed by atoms with van der Waals surface area (Å²) in [7, 11) is 0. The minimum Gasteiger partial charge on any atom is -0.369 e. The zero-order valence-electron chi connectivity index (χ0n) is 7.75. The van der Waals surface area contributed by atoms with Gasteiger partial charge in [0.25, 0.3) is 0 Å². The zero-order chi connectivity index (χ0) is 9.40. The normalized spacial score (nSPS) is 10.9. The lowest BCUT2D eigenvalue weighted by molar-refractivity contribution is 0.556. The first kappa shape index (κ1) is 10.8. The molecule has 12 heavy (non-hydrogen) atoms. The van der Waals surface area contributed by atoms with E-state index in [0.29, 0.717) is 19.0 Å². The van der Waals surface area contributed by atoms with Gasteiger partial charge in [-0.2, -0.15) is 5.26 Å². The molecule has 0 heterocycles. The summed E-state index contributed by atoms with van der Waals surface area (Å²) in [6, 6.07) is 0. The van der Waals surface area contributed by atoms with Gasteiger partial charge in [-0.1, -0.05) is 13.8 Å². The molecule has 0 aromatic rings. The molecule has 0 amide bonds. The number of rotatable bonds is 4.